The summed E-state index contributed by atoms with van der Waals surface area (Å²) >= 11 is 5.67. The summed E-state index contributed by atoms with van der Waals surface area (Å²) in [6.45, 7) is 2.60. The molecule has 19 heavy (non-hydrogen) atoms. The zero-order valence-corrected chi connectivity index (χ0v) is 11.7. The smallest absolute Gasteiger partial charge is 0.151 e. The van der Waals surface area contributed by atoms with E-state index in [0.717, 1.165) is 17.9 Å². The van der Waals surface area contributed by atoms with Crippen LogP contribution in [0, 0.1) is 0 Å². The second-order valence-corrected chi connectivity index (χ2v) is 4.77. The number of benzene rings is 1. The monoisotopic (exact) mass is 276 g/mol. The van der Waals surface area contributed by atoms with Gasteiger partial charge in [0, 0.05) is 0 Å². The Balaban J connectivity index is 1.87. The molecule has 0 unspecified atom stereocenters. The largest absolute Gasteiger partial charge is 0.487 e. The third-order valence-corrected chi connectivity index (χ3v) is 3.02. The zero-order chi connectivity index (χ0) is 13.5. The number of halogens is 1. The second kappa shape index (κ2) is 7.10. The third-order valence-electron chi connectivity index (χ3n) is 2.82. The minimum absolute atomic E-state index is 0.393. The molecule has 0 bridgehead atoms. The molecule has 100 valence electrons. The van der Waals surface area contributed by atoms with E-state index in [0.29, 0.717) is 11.8 Å². The van der Waals surface area contributed by atoms with Crippen LogP contribution in [0.3, 0.4) is 0 Å². The van der Waals surface area contributed by atoms with Crippen LogP contribution >= 0.6 is 11.6 Å². The molecule has 1 heterocycles. The molecule has 0 N–H and O–H groups in total. The maximum absolute atomic E-state index is 5.67. The highest BCUT2D eigenvalue weighted by atomic mass is 35.5. The van der Waals surface area contributed by atoms with Crippen LogP contribution in [0.2, 0.25) is 5.15 Å². The van der Waals surface area contributed by atoms with Crippen LogP contribution in [0.15, 0.2) is 36.4 Å². The minimum Gasteiger partial charge on any atom is -0.487 e. The van der Waals surface area contributed by atoms with Gasteiger partial charge in [-0.1, -0.05) is 37.1 Å². The standard InChI is InChI=1S/C15H17ClN2O/c1-2-3-4-12-5-8-14(9-6-12)19-11-13-7-10-15(16)18-17-13/h5-10H,2-4,11H2,1H3. The molecule has 0 radical (unpaired) electrons. The zero-order valence-electron chi connectivity index (χ0n) is 11.0. The highest BCUT2D eigenvalue weighted by Gasteiger charge is 1.99. The number of ether oxygens (including phenoxy) is 1. The molecule has 0 aliphatic rings. The van der Waals surface area contributed by atoms with Crippen molar-refractivity contribution in [2.24, 2.45) is 0 Å². The maximum Gasteiger partial charge on any atom is 0.151 e. The SMILES string of the molecule is CCCCc1ccc(OCc2ccc(Cl)nn2)cc1. The van der Waals surface area contributed by atoms with E-state index in [9.17, 15) is 0 Å². The van der Waals surface area contributed by atoms with Gasteiger partial charge in [-0.3, -0.25) is 0 Å². The van der Waals surface area contributed by atoms with Gasteiger partial charge in [-0.2, -0.15) is 5.10 Å². The van der Waals surface area contributed by atoms with Crippen molar-refractivity contribution in [3.05, 3.63) is 52.8 Å². The molecule has 2 aromatic rings. The van der Waals surface area contributed by atoms with Gasteiger partial charge in [0.2, 0.25) is 0 Å². The fraction of sp³-hybridized carbons (Fsp3) is 0.333. The average molecular weight is 277 g/mol. The molecule has 2 rings (SSSR count). The Morgan fingerprint density at radius 1 is 1.05 bits per heavy atom. The second-order valence-electron chi connectivity index (χ2n) is 4.38. The van der Waals surface area contributed by atoms with Gasteiger partial charge >= 0.3 is 0 Å². The molecule has 1 aromatic carbocycles. The first-order valence-corrected chi connectivity index (χ1v) is 6.85. The number of unbranched alkanes of at least 4 members (excludes halogenated alkanes) is 1. The van der Waals surface area contributed by atoms with Gasteiger partial charge in [0.25, 0.3) is 0 Å². The Kier molecular flexibility index (Phi) is 5.16. The first-order valence-electron chi connectivity index (χ1n) is 6.48. The van der Waals surface area contributed by atoms with E-state index in [2.05, 4.69) is 29.3 Å². The van der Waals surface area contributed by atoms with Crippen LogP contribution in [0.1, 0.15) is 31.0 Å². The van der Waals surface area contributed by atoms with Crippen molar-refractivity contribution in [2.45, 2.75) is 32.8 Å². The minimum atomic E-state index is 0.393. The van der Waals surface area contributed by atoms with Gasteiger partial charge in [-0.25, -0.2) is 0 Å². The molecule has 0 aliphatic carbocycles. The normalized spacial score (nSPS) is 10.4. The third kappa shape index (κ3) is 4.52. The summed E-state index contributed by atoms with van der Waals surface area (Å²) in [6.07, 6.45) is 3.56. The van der Waals surface area contributed by atoms with Crippen molar-refractivity contribution in [3.8, 4) is 5.75 Å². The Hall–Kier alpha value is -1.61. The number of aromatic nitrogens is 2. The Labute approximate surface area is 118 Å². The summed E-state index contributed by atoms with van der Waals surface area (Å²) in [5, 5.41) is 8.11. The summed E-state index contributed by atoms with van der Waals surface area (Å²) in [5.41, 5.74) is 2.11. The van der Waals surface area contributed by atoms with E-state index < -0.39 is 0 Å². The summed E-state index contributed by atoms with van der Waals surface area (Å²) in [7, 11) is 0. The molecule has 0 amide bonds. The van der Waals surface area contributed by atoms with E-state index >= 15 is 0 Å². The topological polar surface area (TPSA) is 35.0 Å². The van der Waals surface area contributed by atoms with Crippen molar-refractivity contribution in [1.29, 1.82) is 0 Å². The molecule has 0 saturated heterocycles. The highest BCUT2D eigenvalue weighted by molar-refractivity contribution is 6.29. The van der Waals surface area contributed by atoms with Gasteiger partial charge in [0.15, 0.2) is 5.15 Å². The summed E-state index contributed by atoms with van der Waals surface area (Å²) in [6, 6.07) is 11.7. The summed E-state index contributed by atoms with van der Waals surface area (Å²) < 4.78 is 5.65. The number of hydrogen-bond donors (Lipinski definition) is 0. The van der Waals surface area contributed by atoms with E-state index in [1.165, 1.54) is 18.4 Å². The van der Waals surface area contributed by atoms with Crippen LogP contribution in [-0.2, 0) is 13.0 Å². The van der Waals surface area contributed by atoms with Crippen LogP contribution in [0.4, 0.5) is 0 Å². The molecule has 0 aliphatic heterocycles. The fourth-order valence-electron chi connectivity index (χ4n) is 1.71. The molecular formula is C15H17ClN2O. The summed E-state index contributed by atoms with van der Waals surface area (Å²) in [5.74, 6) is 0.844. The lowest BCUT2D eigenvalue weighted by atomic mass is 10.1. The molecule has 1 aromatic heterocycles. The van der Waals surface area contributed by atoms with Crippen molar-refractivity contribution in [1.82, 2.24) is 10.2 Å². The van der Waals surface area contributed by atoms with Crippen LogP contribution in [0.25, 0.3) is 0 Å². The molecule has 0 spiro atoms. The van der Waals surface area contributed by atoms with Crippen molar-refractivity contribution >= 4 is 11.6 Å². The van der Waals surface area contributed by atoms with E-state index in [1.54, 1.807) is 6.07 Å². The van der Waals surface area contributed by atoms with Gasteiger partial charge in [0.1, 0.15) is 18.1 Å². The first kappa shape index (κ1) is 13.8. The highest BCUT2D eigenvalue weighted by Crippen LogP contribution is 2.15. The Morgan fingerprint density at radius 2 is 1.84 bits per heavy atom. The molecule has 4 heteroatoms. The van der Waals surface area contributed by atoms with E-state index in [-0.39, 0.29) is 0 Å². The van der Waals surface area contributed by atoms with Crippen LogP contribution in [-0.4, -0.2) is 10.2 Å². The maximum atomic E-state index is 5.67. The molecular weight excluding hydrogens is 260 g/mol. The predicted molar refractivity (Wildman–Crippen MR) is 76.4 cm³/mol. The molecule has 0 fully saturated rings. The predicted octanol–water partition coefficient (Wildman–Crippen LogP) is 4.05. The lowest BCUT2D eigenvalue weighted by molar-refractivity contribution is 0.300. The molecule has 3 nitrogen and oxygen atoms in total. The summed E-state index contributed by atoms with van der Waals surface area (Å²) in [4.78, 5) is 0. The van der Waals surface area contributed by atoms with Crippen LogP contribution in [0.5, 0.6) is 5.75 Å². The van der Waals surface area contributed by atoms with Crippen molar-refractivity contribution in [3.63, 3.8) is 0 Å². The number of nitrogens with zero attached hydrogens (tertiary/aromatic N) is 2. The Bertz CT molecular complexity index is 497. The quantitative estimate of drug-likeness (QED) is 0.798. The van der Waals surface area contributed by atoms with Crippen molar-refractivity contribution in [2.75, 3.05) is 0 Å². The van der Waals surface area contributed by atoms with E-state index in [4.69, 9.17) is 16.3 Å². The number of hydrogen-bond acceptors (Lipinski definition) is 3. The first-order chi connectivity index (χ1) is 9.28. The van der Waals surface area contributed by atoms with Gasteiger partial charge in [-0.15, -0.1) is 5.10 Å². The average Bonchev–Trinajstić information content (AvgIpc) is 2.46. The number of aryl methyl sites for hydroxylation is 1. The lowest BCUT2D eigenvalue weighted by Crippen LogP contribution is -1.99. The Morgan fingerprint density at radius 3 is 2.47 bits per heavy atom. The van der Waals surface area contributed by atoms with E-state index in [1.807, 2.05) is 18.2 Å². The lowest BCUT2D eigenvalue weighted by Gasteiger charge is -2.06. The van der Waals surface area contributed by atoms with Gasteiger partial charge < -0.3 is 4.74 Å². The molecule has 0 saturated carbocycles. The fourth-order valence-corrected chi connectivity index (χ4v) is 1.81. The van der Waals surface area contributed by atoms with Crippen molar-refractivity contribution < 1.29 is 4.74 Å². The van der Waals surface area contributed by atoms with Crippen LogP contribution < -0.4 is 4.74 Å². The molecule has 0 atom stereocenters. The van der Waals surface area contributed by atoms with Gasteiger partial charge in [0.05, 0.1) is 0 Å². The number of rotatable bonds is 6. The van der Waals surface area contributed by atoms with Gasteiger partial charge in [-0.05, 0) is 42.7 Å².